The maximum atomic E-state index is 13.5. The average Bonchev–Trinajstić information content (AvgIpc) is 3.52. The van der Waals surface area contributed by atoms with Gasteiger partial charge in [-0.05, 0) is 67.9 Å². The lowest BCUT2D eigenvalue weighted by molar-refractivity contribution is 0.0513. The summed E-state index contributed by atoms with van der Waals surface area (Å²) in [5, 5.41) is 9.28. The number of guanidine groups is 1. The van der Waals surface area contributed by atoms with E-state index in [1.165, 1.54) is 17.7 Å². The quantitative estimate of drug-likeness (QED) is 0.291. The zero-order valence-corrected chi connectivity index (χ0v) is 21.8. The Morgan fingerprint density at radius 3 is 2.50 bits per heavy atom. The van der Waals surface area contributed by atoms with Gasteiger partial charge in [0.05, 0.1) is 6.04 Å². The molecule has 2 aliphatic heterocycles. The first kappa shape index (κ1) is 25.4. The molecule has 176 valence electrons. The molecule has 1 aromatic heterocycles. The Morgan fingerprint density at radius 2 is 1.88 bits per heavy atom. The van der Waals surface area contributed by atoms with Gasteiger partial charge >= 0.3 is 0 Å². The van der Waals surface area contributed by atoms with Crippen molar-refractivity contribution in [3.8, 4) is 0 Å². The summed E-state index contributed by atoms with van der Waals surface area (Å²) in [5.41, 5.74) is 1.08. The van der Waals surface area contributed by atoms with Gasteiger partial charge in [0.25, 0.3) is 0 Å². The highest BCUT2D eigenvalue weighted by Gasteiger charge is 2.35. The Labute approximate surface area is 211 Å². The summed E-state index contributed by atoms with van der Waals surface area (Å²) in [4.78, 5) is 8.45. The minimum absolute atomic E-state index is 0. The van der Waals surface area contributed by atoms with Gasteiger partial charge in [0.2, 0.25) is 0 Å². The SMILES string of the molecule is CN=C(NCC(c1cccs1)N1CCCC1)NCC1(c2ccc(F)cc2)CCOCC1.I. The van der Waals surface area contributed by atoms with Crippen LogP contribution >= 0.6 is 35.3 Å². The number of benzene rings is 1. The lowest BCUT2D eigenvalue weighted by Crippen LogP contribution is -2.49. The molecule has 0 amide bonds. The zero-order chi connectivity index (χ0) is 21.5. The number of likely N-dealkylation sites (tertiary alicyclic amines) is 1. The van der Waals surface area contributed by atoms with Gasteiger partial charge in [-0.1, -0.05) is 18.2 Å². The molecular formula is C24H34FIN4OS. The van der Waals surface area contributed by atoms with Crippen LogP contribution in [-0.4, -0.2) is 57.3 Å². The predicted molar refractivity (Wildman–Crippen MR) is 141 cm³/mol. The summed E-state index contributed by atoms with van der Waals surface area (Å²) in [6.07, 6.45) is 4.37. The van der Waals surface area contributed by atoms with Crippen LogP contribution in [0.2, 0.25) is 0 Å². The molecule has 0 bridgehead atoms. The van der Waals surface area contributed by atoms with Crippen molar-refractivity contribution in [3.05, 3.63) is 58.0 Å². The molecule has 1 aromatic carbocycles. The number of nitrogens with zero attached hydrogens (tertiary/aromatic N) is 2. The highest BCUT2D eigenvalue weighted by molar-refractivity contribution is 14.0. The van der Waals surface area contributed by atoms with E-state index >= 15 is 0 Å². The second-order valence-corrected chi connectivity index (χ2v) is 9.46. The topological polar surface area (TPSA) is 48.9 Å². The number of ether oxygens (including phenoxy) is 1. The van der Waals surface area contributed by atoms with Crippen molar-refractivity contribution >= 4 is 41.3 Å². The van der Waals surface area contributed by atoms with E-state index in [2.05, 4.69) is 38.0 Å². The van der Waals surface area contributed by atoms with Gasteiger partial charge in [-0.2, -0.15) is 0 Å². The third-order valence-corrected chi connectivity index (χ3v) is 7.61. The Balaban J connectivity index is 0.00000289. The third kappa shape index (κ3) is 6.21. The van der Waals surface area contributed by atoms with Gasteiger partial charge < -0.3 is 15.4 Å². The fourth-order valence-electron chi connectivity index (χ4n) is 4.74. The smallest absolute Gasteiger partial charge is 0.191 e. The van der Waals surface area contributed by atoms with Crippen LogP contribution < -0.4 is 10.6 Å². The largest absolute Gasteiger partial charge is 0.381 e. The molecule has 2 aromatic rings. The molecular weight excluding hydrogens is 538 g/mol. The molecule has 2 fully saturated rings. The van der Waals surface area contributed by atoms with Crippen LogP contribution in [0.3, 0.4) is 0 Å². The molecule has 3 heterocycles. The van der Waals surface area contributed by atoms with Crippen molar-refractivity contribution in [2.24, 2.45) is 4.99 Å². The van der Waals surface area contributed by atoms with E-state index < -0.39 is 0 Å². The van der Waals surface area contributed by atoms with Gasteiger partial charge in [-0.3, -0.25) is 9.89 Å². The van der Waals surface area contributed by atoms with Crippen molar-refractivity contribution < 1.29 is 9.13 Å². The summed E-state index contributed by atoms with van der Waals surface area (Å²) in [6, 6.07) is 11.7. The number of nitrogens with one attached hydrogen (secondary N) is 2. The van der Waals surface area contributed by atoms with E-state index in [0.717, 1.165) is 63.8 Å². The maximum Gasteiger partial charge on any atom is 0.191 e. The molecule has 2 aliphatic rings. The molecule has 32 heavy (non-hydrogen) atoms. The monoisotopic (exact) mass is 572 g/mol. The second kappa shape index (κ2) is 12.3. The Bertz CT molecular complexity index is 834. The first-order valence-electron chi connectivity index (χ1n) is 11.3. The summed E-state index contributed by atoms with van der Waals surface area (Å²) in [5.74, 6) is 0.617. The molecule has 1 atom stereocenters. The second-order valence-electron chi connectivity index (χ2n) is 8.48. The lowest BCUT2D eigenvalue weighted by atomic mass is 9.74. The standard InChI is InChI=1S/C24H33FN4OS.HI/c1-26-23(27-17-21(22-5-4-16-31-22)29-12-2-3-13-29)28-18-24(10-14-30-15-11-24)19-6-8-20(25)9-7-19;/h4-9,16,21H,2-3,10-15,17-18H2,1H3,(H2,26,27,28);1H. The number of thiophene rings is 1. The van der Waals surface area contributed by atoms with Crippen LogP contribution in [0.25, 0.3) is 0 Å². The summed E-state index contributed by atoms with van der Waals surface area (Å²) in [7, 11) is 1.82. The summed E-state index contributed by atoms with van der Waals surface area (Å²) in [6.45, 7) is 5.33. The van der Waals surface area contributed by atoms with Crippen molar-refractivity contribution in [1.82, 2.24) is 15.5 Å². The molecule has 0 saturated carbocycles. The van der Waals surface area contributed by atoms with Crippen LogP contribution in [-0.2, 0) is 10.2 Å². The molecule has 0 aliphatic carbocycles. The first-order valence-corrected chi connectivity index (χ1v) is 12.1. The Kier molecular flexibility index (Phi) is 9.76. The van der Waals surface area contributed by atoms with Crippen LogP contribution in [0.1, 0.15) is 42.2 Å². The minimum Gasteiger partial charge on any atom is -0.381 e. The van der Waals surface area contributed by atoms with Crippen molar-refractivity contribution in [2.75, 3.05) is 46.4 Å². The molecule has 0 spiro atoms. The van der Waals surface area contributed by atoms with Crippen LogP contribution in [0.4, 0.5) is 4.39 Å². The molecule has 5 nitrogen and oxygen atoms in total. The van der Waals surface area contributed by atoms with E-state index in [9.17, 15) is 4.39 Å². The molecule has 1 unspecified atom stereocenters. The fourth-order valence-corrected chi connectivity index (χ4v) is 5.60. The highest BCUT2D eigenvalue weighted by Crippen LogP contribution is 2.34. The fraction of sp³-hybridized carbons (Fsp3) is 0.542. The van der Waals surface area contributed by atoms with Gasteiger partial charge in [0.15, 0.2) is 5.96 Å². The molecule has 4 rings (SSSR count). The predicted octanol–water partition coefficient (Wildman–Crippen LogP) is 4.56. The van der Waals surface area contributed by atoms with E-state index in [1.54, 1.807) is 12.1 Å². The molecule has 8 heteroatoms. The average molecular weight is 573 g/mol. The number of aliphatic imine (C=N–C) groups is 1. The van der Waals surface area contributed by atoms with E-state index in [0.29, 0.717) is 6.04 Å². The van der Waals surface area contributed by atoms with Gasteiger partial charge in [0, 0.05) is 43.6 Å². The van der Waals surface area contributed by atoms with Crippen LogP contribution in [0.15, 0.2) is 46.8 Å². The minimum atomic E-state index is -0.196. The van der Waals surface area contributed by atoms with Crippen molar-refractivity contribution in [3.63, 3.8) is 0 Å². The van der Waals surface area contributed by atoms with Crippen molar-refractivity contribution in [2.45, 2.75) is 37.1 Å². The van der Waals surface area contributed by atoms with Gasteiger partial charge in [-0.25, -0.2) is 4.39 Å². The van der Waals surface area contributed by atoms with Crippen LogP contribution in [0.5, 0.6) is 0 Å². The van der Waals surface area contributed by atoms with Gasteiger partial charge in [-0.15, -0.1) is 35.3 Å². The number of halogens is 2. The summed E-state index contributed by atoms with van der Waals surface area (Å²) >= 11 is 1.82. The van der Waals surface area contributed by atoms with Gasteiger partial charge in [0.1, 0.15) is 5.82 Å². The maximum absolute atomic E-state index is 13.5. The third-order valence-electron chi connectivity index (χ3n) is 6.64. The highest BCUT2D eigenvalue weighted by atomic mass is 127. The zero-order valence-electron chi connectivity index (χ0n) is 18.7. The molecule has 0 radical (unpaired) electrons. The number of hydrogen-bond donors (Lipinski definition) is 2. The Hall–Kier alpha value is -1.23. The summed E-state index contributed by atoms with van der Waals surface area (Å²) < 4.78 is 19.1. The van der Waals surface area contributed by atoms with E-state index in [1.807, 2.05) is 30.5 Å². The lowest BCUT2D eigenvalue weighted by Gasteiger charge is -2.38. The van der Waals surface area contributed by atoms with E-state index in [-0.39, 0.29) is 35.2 Å². The van der Waals surface area contributed by atoms with E-state index in [4.69, 9.17) is 4.74 Å². The molecule has 2 N–H and O–H groups in total. The Morgan fingerprint density at radius 1 is 1.16 bits per heavy atom. The van der Waals surface area contributed by atoms with Crippen molar-refractivity contribution in [1.29, 1.82) is 0 Å². The molecule has 2 saturated heterocycles. The number of rotatable bonds is 7. The van der Waals surface area contributed by atoms with Crippen LogP contribution in [0, 0.1) is 5.82 Å². The number of hydrogen-bond acceptors (Lipinski definition) is 4. The normalized spacial score (nSPS) is 19.9. The first-order chi connectivity index (χ1) is 15.2.